The molecule has 0 aromatic carbocycles. The van der Waals surface area contributed by atoms with Crippen LogP contribution in [0.2, 0.25) is 0 Å². The predicted octanol–water partition coefficient (Wildman–Crippen LogP) is -0.383. The van der Waals surface area contributed by atoms with Crippen molar-refractivity contribution >= 4 is 5.95 Å². The Morgan fingerprint density at radius 1 is 1.33 bits per heavy atom. The van der Waals surface area contributed by atoms with Crippen LogP contribution in [0.4, 0.5) is 5.95 Å². The topological polar surface area (TPSA) is 63.6 Å². The number of aryl methyl sites for hydroxylation is 1. The molecular weight excluding hydrogens is 118 g/mol. The minimum absolute atomic E-state index is 0.502. The highest BCUT2D eigenvalue weighted by atomic mass is 15.4. The van der Waals surface area contributed by atoms with E-state index in [0.29, 0.717) is 11.8 Å². The van der Waals surface area contributed by atoms with Gasteiger partial charge in [-0.1, -0.05) is 5.10 Å². The Balaban J connectivity index is 2.94. The Labute approximate surface area is 52.5 Å². The van der Waals surface area contributed by atoms with E-state index >= 15 is 0 Å². The van der Waals surface area contributed by atoms with Gasteiger partial charge in [0.05, 0.1) is 0 Å². The van der Waals surface area contributed by atoms with E-state index in [1.807, 2.05) is 0 Å². The Morgan fingerprint density at radius 2 is 2.11 bits per heavy atom. The van der Waals surface area contributed by atoms with Gasteiger partial charge in [0.15, 0.2) is 5.82 Å². The van der Waals surface area contributed by atoms with Gasteiger partial charge in [-0.2, -0.15) is 4.98 Å². The van der Waals surface area contributed by atoms with Gasteiger partial charge >= 0.3 is 0 Å². The van der Waals surface area contributed by atoms with Gasteiger partial charge in [-0.05, 0) is 12.1 Å². The molecule has 1 N–H and O–H groups in total. The normalized spacial score (nSPS) is 9.11. The molecule has 1 heterocycles. The maximum absolute atomic E-state index is 3.90. The zero-order valence-electron chi connectivity index (χ0n) is 5.29. The molecule has 0 unspecified atom stereocenters. The fraction of sp³-hybridized carbons (Fsp3) is 0.500. The highest BCUT2D eigenvalue weighted by molar-refractivity contribution is 5.18. The first-order chi connectivity index (χ1) is 4.33. The van der Waals surface area contributed by atoms with Crippen molar-refractivity contribution in [1.82, 2.24) is 20.4 Å². The van der Waals surface area contributed by atoms with Crippen molar-refractivity contribution in [2.45, 2.75) is 6.92 Å². The fourth-order valence-corrected chi connectivity index (χ4v) is 0.433. The molecule has 0 spiro atoms. The highest BCUT2D eigenvalue weighted by Crippen LogP contribution is 1.89. The summed E-state index contributed by atoms with van der Waals surface area (Å²) < 4.78 is 0. The first-order valence-electron chi connectivity index (χ1n) is 2.54. The maximum atomic E-state index is 3.90. The standard InChI is InChI=1S/C4H7N5/c1-3-6-4(5-2)8-9-7-3/h1-2H3,(H,5,6,7,8). The van der Waals surface area contributed by atoms with Gasteiger partial charge in [-0.25, -0.2) is 0 Å². The summed E-state index contributed by atoms with van der Waals surface area (Å²) in [4.78, 5) is 3.90. The molecular formula is C4H7N5. The molecule has 0 aliphatic heterocycles. The minimum Gasteiger partial charge on any atom is -0.356 e. The summed E-state index contributed by atoms with van der Waals surface area (Å²) in [6.45, 7) is 1.76. The lowest BCUT2D eigenvalue weighted by Gasteiger charge is -1.93. The van der Waals surface area contributed by atoms with Crippen LogP contribution < -0.4 is 5.32 Å². The van der Waals surface area contributed by atoms with Crippen molar-refractivity contribution < 1.29 is 0 Å². The van der Waals surface area contributed by atoms with Crippen molar-refractivity contribution in [3.05, 3.63) is 5.82 Å². The lowest BCUT2D eigenvalue weighted by Crippen LogP contribution is -2.01. The molecule has 0 saturated carbocycles. The third-order valence-corrected chi connectivity index (χ3v) is 0.820. The van der Waals surface area contributed by atoms with Crippen LogP contribution in [0.1, 0.15) is 5.82 Å². The molecule has 0 aliphatic carbocycles. The van der Waals surface area contributed by atoms with Crippen LogP contribution in [0.5, 0.6) is 0 Å². The van der Waals surface area contributed by atoms with Gasteiger partial charge in [0.1, 0.15) is 0 Å². The van der Waals surface area contributed by atoms with Crippen molar-refractivity contribution in [2.24, 2.45) is 0 Å². The average molecular weight is 125 g/mol. The largest absolute Gasteiger partial charge is 0.356 e. The number of rotatable bonds is 1. The Bertz CT molecular complexity index is 198. The summed E-state index contributed by atoms with van der Waals surface area (Å²) >= 11 is 0. The fourth-order valence-electron chi connectivity index (χ4n) is 0.433. The van der Waals surface area contributed by atoms with Gasteiger partial charge in [-0.15, -0.1) is 5.10 Å². The van der Waals surface area contributed by atoms with Crippen LogP contribution in [0.15, 0.2) is 0 Å². The monoisotopic (exact) mass is 125 g/mol. The number of hydrogen-bond donors (Lipinski definition) is 1. The maximum Gasteiger partial charge on any atom is 0.246 e. The van der Waals surface area contributed by atoms with Gasteiger partial charge in [-0.3, -0.25) is 0 Å². The molecule has 0 atom stereocenters. The number of anilines is 1. The number of aromatic nitrogens is 4. The van der Waals surface area contributed by atoms with Gasteiger partial charge in [0, 0.05) is 7.05 Å². The van der Waals surface area contributed by atoms with Crippen LogP contribution >= 0.6 is 0 Å². The summed E-state index contributed by atoms with van der Waals surface area (Å²) in [5, 5.41) is 13.3. The second kappa shape index (κ2) is 2.34. The quantitative estimate of drug-likeness (QED) is 0.554. The van der Waals surface area contributed by atoms with Crippen LogP contribution in [0.3, 0.4) is 0 Å². The van der Waals surface area contributed by atoms with Gasteiger partial charge in [0.25, 0.3) is 0 Å². The summed E-state index contributed by atoms with van der Waals surface area (Å²) in [6.07, 6.45) is 0. The second-order valence-corrected chi connectivity index (χ2v) is 1.52. The molecule has 9 heavy (non-hydrogen) atoms. The van der Waals surface area contributed by atoms with Crippen molar-refractivity contribution in [1.29, 1.82) is 0 Å². The Kier molecular flexibility index (Phi) is 1.53. The third kappa shape index (κ3) is 1.31. The molecule has 48 valence electrons. The molecule has 0 fully saturated rings. The molecule has 0 bridgehead atoms. The van der Waals surface area contributed by atoms with Crippen molar-refractivity contribution in [3.8, 4) is 0 Å². The number of nitrogens with zero attached hydrogens (tertiary/aromatic N) is 4. The van der Waals surface area contributed by atoms with Crippen LogP contribution in [0.25, 0.3) is 0 Å². The first-order valence-corrected chi connectivity index (χ1v) is 2.54. The first kappa shape index (κ1) is 5.87. The zero-order valence-corrected chi connectivity index (χ0v) is 5.29. The van der Waals surface area contributed by atoms with Crippen molar-refractivity contribution in [2.75, 3.05) is 12.4 Å². The highest BCUT2D eigenvalue weighted by Gasteiger charge is 1.91. The third-order valence-electron chi connectivity index (χ3n) is 0.820. The molecule has 0 saturated heterocycles. The predicted molar refractivity (Wildman–Crippen MR) is 31.9 cm³/mol. The van der Waals surface area contributed by atoms with Crippen LogP contribution in [0, 0.1) is 6.92 Å². The lowest BCUT2D eigenvalue weighted by atomic mass is 10.7. The molecule has 0 aliphatic rings. The van der Waals surface area contributed by atoms with E-state index in [2.05, 4.69) is 25.7 Å². The molecule has 1 aromatic rings. The van der Waals surface area contributed by atoms with Gasteiger partial charge in [0.2, 0.25) is 5.95 Å². The second-order valence-electron chi connectivity index (χ2n) is 1.52. The smallest absolute Gasteiger partial charge is 0.246 e. The minimum atomic E-state index is 0.502. The van der Waals surface area contributed by atoms with Crippen molar-refractivity contribution in [3.63, 3.8) is 0 Å². The molecule has 1 rings (SSSR count). The van der Waals surface area contributed by atoms with E-state index in [4.69, 9.17) is 0 Å². The molecule has 5 nitrogen and oxygen atoms in total. The van der Waals surface area contributed by atoms with E-state index in [9.17, 15) is 0 Å². The van der Waals surface area contributed by atoms with Crippen LogP contribution in [-0.4, -0.2) is 27.4 Å². The number of hydrogen-bond acceptors (Lipinski definition) is 5. The van der Waals surface area contributed by atoms with E-state index in [-0.39, 0.29) is 0 Å². The Morgan fingerprint density at radius 3 is 2.56 bits per heavy atom. The average Bonchev–Trinajstić information content (AvgIpc) is 1.88. The molecule has 5 heteroatoms. The lowest BCUT2D eigenvalue weighted by molar-refractivity contribution is 0.790. The summed E-state index contributed by atoms with van der Waals surface area (Å²) in [6, 6.07) is 0. The molecule has 1 aromatic heterocycles. The van der Waals surface area contributed by atoms with Gasteiger partial charge < -0.3 is 5.32 Å². The van der Waals surface area contributed by atoms with E-state index in [1.165, 1.54) is 0 Å². The Hall–Kier alpha value is -1.26. The number of nitrogens with one attached hydrogen (secondary N) is 1. The SMILES string of the molecule is CNc1nnnc(C)n1. The van der Waals surface area contributed by atoms with E-state index in [0.717, 1.165) is 0 Å². The van der Waals surface area contributed by atoms with Crippen LogP contribution in [-0.2, 0) is 0 Å². The molecule has 0 amide bonds. The summed E-state index contributed by atoms with van der Waals surface area (Å²) in [5.41, 5.74) is 0. The summed E-state index contributed by atoms with van der Waals surface area (Å²) in [7, 11) is 1.73. The molecule has 0 radical (unpaired) electrons. The van der Waals surface area contributed by atoms with E-state index in [1.54, 1.807) is 14.0 Å². The van der Waals surface area contributed by atoms with E-state index < -0.39 is 0 Å². The summed E-state index contributed by atoms with van der Waals surface area (Å²) in [5.74, 6) is 1.12. The zero-order chi connectivity index (χ0) is 6.69.